The summed E-state index contributed by atoms with van der Waals surface area (Å²) in [4.78, 5) is 16.7. The second kappa shape index (κ2) is 6.98. The summed E-state index contributed by atoms with van der Waals surface area (Å²) in [6.07, 6.45) is 2.44. The summed E-state index contributed by atoms with van der Waals surface area (Å²) in [5.41, 5.74) is 2.89. The predicted octanol–water partition coefficient (Wildman–Crippen LogP) is 1.83. The van der Waals surface area contributed by atoms with Crippen LogP contribution in [0.15, 0.2) is 34.9 Å². The highest BCUT2D eigenvalue weighted by Gasteiger charge is 2.25. The average molecular weight is 341 g/mol. The molecule has 4 rings (SSSR count). The van der Waals surface area contributed by atoms with E-state index in [9.17, 15) is 9.90 Å². The number of aliphatic hydroxyl groups is 1. The number of carbonyl (C=O) groups excluding carboxylic acids is 1. The van der Waals surface area contributed by atoms with E-state index in [-0.39, 0.29) is 12.0 Å². The maximum atomic E-state index is 12.7. The molecule has 0 radical (unpaired) electrons. The number of rotatable bonds is 3. The third-order valence-electron chi connectivity index (χ3n) is 5.06. The van der Waals surface area contributed by atoms with Crippen molar-refractivity contribution in [2.75, 3.05) is 19.6 Å². The van der Waals surface area contributed by atoms with Crippen molar-refractivity contribution in [3.63, 3.8) is 0 Å². The van der Waals surface area contributed by atoms with Gasteiger partial charge in [0, 0.05) is 25.7 Å². The Morgan fingerprint density at radius 2 is 2.12 bits per heavy atom. The summed E-state index contributed by atoms with van der Waals surface area (Å²) < 4.78 is 5.36. The Kier molecular flexibility index (Phi) is 4.55. The zero-order valence-electron chi connectivity index (χ0n) is 14.2. The quantitative estimate of drug-likeness (QED) is 0.922. The summed E-state index contributed by atoms with van der Waals surface area (Å²) in [5.74, 6) is 0.595. The van der Waals surface area contributed by atoms with Gasteiger partial charge in [-0.05, 0) is 36.9 Å². The molecule has 25 heavy (non-hydrogen) atoms. The van der Waals surface area contributed by atoms with E-state index in [1.165, 1.54) is 11.1 Å². The SMILES string of the molecule is O=C(c1cc(CN2CCC[C@@H](O)C2)on1)N1CCc2ccccc2C1. The third-order valence-corrected chi connectivity index (χ3v) is 5.06. The predicted molar refractivity (Wildman–Crippen MR) is 91.9 cm³/mol. The largest absolute Gasteiger partial charge is 0.392 e. The molecule has 2 aliphatic rings. The summed E-state index contributed by atoms with van der Waals surface area (Å²) in [6.45, 7) is 3.49. The summed E-state index contributed by atoms with van der Waals surface area (Å²) >= 11 is 0. The van der Waals surface area contributed by atoms with Gasteiger partial charge in [-0.2, -0.15) is 0 Å². The van der Waals surface area contributed by atoms with Crippen LogP contribution < -0.4 is 0 Å². The number of fused-ring (bicyclic) bond motifs is 1. The molecule has 1 atom stereocenters. The van der Waals surface area contributed by atoms with E-state index in [2.05, 4.69) is 22.2 Å². The lowest BCUT2D eigenvalue weighted by molar-refractivity contribution is 0.0622. The number of hydrogen-bond acceptors (Lipinski definition) is 5. The van der Waals surface area contributed by atoms with Gasteiger partial charge < -0.3 is 14.5 Å². The number of hydrogen-bond donors (Lipinski definition) is 1. The Bertz CT molecular complexity index is 758. The first-order valence-corrected chi connectivity index (χ1v) is 8.91. The third kappa shape index (κ3) is 3.60. The number of amides is 1. The molecule has 1 amide bonds. The molecule has 0 spiro atoms. The first kappa shape index (κ1) is 16.3. The Labute approximate surface area is 147 Å². The maximum Gasteiger partial charge on any atom is 0.276 e. The lowest BCUT2D eigenvalue weighted by Gasteiger charge is -2.28. The van der Waals surface area contributed by atoms with Gasteiger partial charge in [0.15, 0.2) is 11.5 Å². The van der Waals surface area contributed by atoms with Crippen molar-refractivity contribution in [3.05, 3.63) is 52.9 Å². The van der Waals surface area contributed by atoms with Gasteiger partial charge in [-0.25, -0.2) is 0 Å². The van der Waals surface area contributed by atoms with E-state index in [0.29, 0.717) is 37.6 Å². The average Bonchev–Trinajstić information content (AvgIpc) is 3.09. The number of aromatic nitrogens is 1. The minimum Gasteiger partial charge on any atom is -0.392 e. The minimum absolute atomic E-state index is 0.0804. The number of β-amino-alcohol motifs (C(OH)–C–C–N with tert-alkyl or cyclic N) is 1. The first-order chi connectivity index (χ1) is 12.2. The van der Waals surface area contributed by atoms with Gasteiger partial charge in [0.25, 0.3) is 5.91 Å². The second-order valence-corrected chi connectivity index (χ2v) is 6.96. The summed E-state index contributed by atoms with van der Waals surface area (Å²) in [5, 5.41) is 13.7. The molecule has 0 aliphatic carbocycles. The Morgan fingerprint density at radius 3 is 2.96 bits per heavy atom. The molecule has 0 bridgehead atoms. The van der Waals surface area contributed by atoms with Crippen LogP contribution in [0.3, 0.4) is 0 Å². The van der Waals surface area contributed by atoms with E-state index in [4.69, 9.17) is 4.52 Å². The van der Waals surface area contributed by atoms with Crippen molar-refractivity contribution in [2.45, 2.75) is 38.5 Å². The highest BCUT2D eigenvalue weighted by Crippen LogP contribution is 2.21. The van der Waals surface area contributed by atoms with Gasteiger partial charge in [-0.15, -0.1) is 0 Å². The van der Waals surface area contributed by atoms with Crippen LogP contribution in [0.1, 0.15) is 40.2 Å². The fourth-order valence-corrected chi connectivity index (χ4v) is 3.71. The molecule has 0 saturated carbocycles. The molecule has 1 saturated heterocycles. The number of piperidine rings is 1. The van der Waals surface area contributed by atoms with E-state index in [1.807, 2.05) is 17.0 Å². The van der Waals surface area contributed by atoms with Crippen molar-refractivity contribution >= 4 is 5.91 Å². The maximum absolute atomic E-state index is 12.7. The Hall–Kier alpha value is -2.18. The van der Waals surface area contributed by atoms with Crippen molar-refractivity contribution in [2.24, 2.45) is 0 Å². The number of benzene rings is 1. The van der Waals surface area contributed by atoms with Gasteiger partial charge in [-0.1, -0.05) is 29.4 Å². The fourth-order valence-electron chi connectivity index (χ4n) is 3.71. The van der Waals surface area contributed by atoms with Gasteiger partial charge in [0.2, 0.25) is 0 Å². The van der Waals surface area contributed by atoms with Crippen molar-refractivity contribution in [3.8, 4) is 0 Å². The fraction of sp³-hybridized carbons (Fsp3) is 0.474. The zero-order valence-corrected chi connectivity index (χ0v) is 14.2. The standard InChI is InChI=1S/C19H23N3O3/c23-16-6-3-8-21(12-16)13-17-10-18(20-25-17)19(24)22-9-7-14-4-1-2-5-15(14)11-22/h1-2,4-5,10,16,23H,3,6-9,11-13H2/t16-/m1/s1. The number of nitrogens with zero attached hydrogens (tertiary/aromatic N) is 3. The van der Waals surface area contributed by atoms with Crippen LogP contribution in [-0.2, 0) is 19.5 Å². The van der Waals surface area contributed by atoms with Crippen LogP contribution in [0.5, 0.6) is 0 Å². The number of carbonyl (C=O) groups is 1. The van der Waals surface area contributed by atoms with Crippen LogP contribution in [-0.4, -0.2) is 51.7 Å². The molecule has 2 aliphatic heterocycles. The van der Waals surface area contributed by atoms with Crippen LogP contribution in [0.2, 0.25) is 0 Å². The molecule has 2 aromatic rings. The van der Waals surface area contributed by atoms with Crippen LogP contribution in [0.25, 0.3) is 0 Å². The molecular formula is C19H23N3O3. The minimum atomic E-state index is -0.272. The van der Waals surface area contributed by atoms with E-state index in [0.717, 1.165) is 25.8 Å². The molecule has 3 heterocycles. The van der Waals surface area contributed by atoms with Gasteiger partial charge in [0.05, 0.1) is 12.6 Å². The first-order valence-electron chi connectivity index (χ1n) is 8.91. The van der Waals surface area contributed by atoms with E-state index in [1.54, 1.807) is 6.07 Å². The molecule has 6 heteroatoms. The van der Waals surface area contributed by atoms with E-state index < -0.39 is 0 Å². The number of likely N-dealkylation sites (tertiary alicyclic amines) is 1. The summed E-state index contributed by atoms with van der Waals surface area (Å²) in [6, 6.07) is 9.98. The van der Waals surface area contributed by atoms with Crippen LogP contribution in [0.4, 0.5) is 0 Å². The molecule has 6 nitrogen and oxygen atoms in total. The second-order valence-electron chi connectivity index (χ2n) is 6.96. The Balaban J connectivity index is 1.41. The van der Waals surface area contributed by atoms with Crippen LogP contribution in [0, 0.1) is 0 Å². The van der Waals surface area contributed by atoms with Gasteiger partial charge in [0.1, 0.15) is 0 Å². The normalized spacial score (nSPS) is 21.2. The van der Waals surface area contributed by atoms with Crippen molar-refractivity contribution in [1.82, 2.24) is 15.0 Å². The lowest BCUT2D eigenvalue weighted by Crippen LogP contribution is -2.37. The highest BCUT2D eigenvalue weighted by atomic mass is 16.5. The highest BCUT2D eigenvalue weighted by molar-refractivity contribution is 5.92. The Morgan fingerprint density at radius 1 is 1.28 bits per heavy atom. The molecule has 1 aromatic heterocycles. The number of aliphatic hydroxyl groups excluding tert-OH is 1. The molecule has 0 unspecified atom stereocenters. The van der Waals surface area contributed by atoms with Crippen LogP contribution >= 0.6 is 0 Å². The lowest BCUT2D eigenvalue weighted by atomic mass is 10.00. The topological polar surface area (TPSA) is 69.8 Å². The molecular weight excluding hydrogens is 318 g/mol. The van der Waals surface area contributed by atoms with Gasteiger partial charge >= 0.3 is 0 Å². The zero-order chi connectivity index (χ0) is 17.2. The molecule has 1 fully saturated rings. The molecule has 1 aromatic carbocycles. The molecule has 1 N–H and O–H groups in total. The van der Waals surface area contributed by atoms with Crippen molar-refractivity contribution in [1.29, 1.82) is 0 Å². The molecule has 132 valence electrons. The van der Waals surface area contributed by atoms with Gasteiger partial charge in [-0.3, -0.25) is 9.69 Å². The summed E-state index contributed by atoms with van der Waals surface area (Å²) in [7, 11) is 0. The monoisotopic (exact) mass is 341 g/mol. The van der Waals surface area contributed by atoms with E-state index >= 15 is 0 Å². The van der Waals surface area contributed by atoms with Crippen molar-refractivity contribution < 1.29 is 14.4 Å². The smallest absolute Gasteiger partial charge is 0.276 e.